The van der Waals surface area contributed by atoms with Crippen LogP contribution in [0.15, 0.2) is 41.4 Å². The number of carbonyl (C=O) groups is 2. The quantitative estimate of drug-likeness (QED) is 0.639. The first kappa shape index (κ1) is 25.5. The highest BCUT2D eigenvalue weighted by Crippen LogP contribution is 2.34. The number of likely N-dealkylation sites (tertiary alicyclic amines) is 1. The van der Waals surface area contributed by atoms with Crippen LogP contribution in [0.5, 0.6) is 0 Å². The van der Waals surface area contributed by atoms with Crippen molar-refractivity contribution in [1.29, 1.82) is 0 Å². The fraction of sp³-hybridized carbons (Fsp3) is 0.483. The predicted octanol–water partition coefficient (Wildman–Crippen LogP) is 4.12. The van der Waals surface area contributed by atoms with Crippen LogP contribution in [-0.4, -0.2) is 89.6 Å². The first-order valence-corrected chi connectivity index (χ1v) is 14.0. The van der Waals surface area contributed by atoms with Crippen molar-refractivity contribution >= 4 is 34.8 Å². The molecule has 1 N–H and O–H groups in total. The molecule has 0 bridgehead atoms. The van der Waals surface area contributed by atoms with E-state index in [1.165, 1.54) is 6.07 Å². The lowest BCUT2D eigenvalue weighted by Gasteiger charge is -2.43. The molecule has 2 aromatic rings. The molecule has 0 saturated carbocycles. The average molecular weight is 538 g/mol. The standard InChI is InChI=1S/C29H33ClFN5O2/c1-18-27-17-34(29(38)26-3-2-12-35(26)21-8-10-32-11-9-21)13-14-36(27)28(37)23-15-19(4-7-25(23)33-18)22-6-5-20(30)16-24(22)31/h4-7,15-16,21,26-27,32H,2-3,8-14,17H2,1H3. The smallest absolute Gasteiger partial charge is 0.256 e. The molecule has 3 saturated heterocycles. The van der Waals surface area contributed by atoms with Gasteiger partial charge < -0.3 is 15.1 Å². The zero-order chi connectivity index (χ0) is 26.4. The lowest BCUT2D eigenvalue weighted by molar-refractivity contribution is -0.139. The summed E-state index contributed by atoms with van der Waals surface area (Å²) in [6, 6.07) is 9.92. The van der Waals surface area contributed by atoms with Gasteiger partial charge in [0.2, 0.25) is 5.91 Å². The summed E-state index contributed by atoms with van der Waals surface area (Å²) in [4.78, 5) is 38.5. The van der Waals surface area contributed by atoms with E-state index in [2.05, 4.69) is 10.2 Å². The normalized spacial score (nSPS) is 24.6. The number of amides is 2. The summed E-state index contributed by atoms with van der Waals surface area (Å²) in [5.74, 6) is -0.386. The van der Waals surface area contributed by atoms with E-state index in [-0.39, 0.29) is 23.9 Å². The number of nitrogens with one attached hydrogen (secondary N) is 1. The third-order valence-corrected chi connectivity index (χ3v) is 8.79. The molecule has 2 atom stereocenters. The van der Waals surface area contributed by atoms with E-state index < -0.39 is 5.82 Å². The molecule has 200 valence electrons. The van der Waals surface area contributed by atoms with Crippen molar-refractivity contribution in [1.82, 2.24) is 20.0 Å². The van der Waals surface area contributed by atoms with Gasteiger partial charge >= 0.3 is 0 Å². The van der Waals surface area contributed by atoms with Crippen molar-refractivity contribution in [3.05, 3.63) is 52.8 Å². The number of rotatable bonds is 3. The van der Waals surface area contributed by atoms with Crippen LogP contribution in [0.3, 0.4) is 0 Å². The summed E-state index contributed by atoms with van der Waals surface area (Å²) in [6.07, 6.45) is 4.12. The minimum Gasteiger partial charge on any atom is -0.337 e. The Labute approximate surface area is 227 Å². The molecule has 7 nitrogen and oxygen atoms in total. The van der Waals surface area contributed by atoms with Gasteiger partial charge in [0.1, 0.15) is 5.82 Å². The van der Waals surface area contributed by atoms with Gasteiger partial charge in [-0.2, -0.15) is 0 Å². The van der Waals surface area contributed by atoms with E-state index in [9.17, 15) is 14.0 Å². The number of piperazine rings is 1. The van der Waals surface area contributed by atoms with Gasteiger partial charge in [0.05, 0.1) is 23.3 Å². The first-order chi connectivity index (χ1) is 18.4. The summed E-state index contributed by atoms with van der Waals surface area (Å²) in [5.41, 5.74) is 2.82. The van der Waals surface area contributed by atoms with Crippen molar-refractivity contribution in [3.8, 4) is 11.1 Å². The number of halogens is 2. The number of aliphatic imine (C=N–C) groups is 1. The SMILES string of the molecule is CC1=Nc2ccc(-c3ccc(Cl)cc3F)cc2C(=O)N2CCN(C(=O)C3CCCN3C3CCNCC3)CC12. The number of carbonyl (C=O) groups excluding carboxylic acids is 2. The van der Waals surface area contributed by atoms with Gasteiger partial charge in [0.15, 0.2) is 0 Å². The fourth-order valence-electron chi connectivity index (χ4n) is 6.54. The highest BCUT2D eigenvalue weighted by atomic mass is 35.5. The first-order valence-electron chi connectivity index (χ1n) is 13.6. The van der Waals surface area contributed by atoms with E-state index >= 15 is 0 Å². The van der Waals surface area contributed by atoms with Crippen LogP contribution in [0.1, 0.15) is 43.0 Å². The van der Waals surface area contributed by atoms with E-state index in [4.69, 9.17) is 16.6 Å². The van der Waals surface area contributed by atoms with Crippen molar-refractivity contribution < 1.29 is 14.0 Å². The Balaban J connectivity index is 1.23. The number of benzene rings is 2. The number of hydrogen-bond donors (Lipinski definition) is 1. The molecule has 2 unspecified atom stereocenters. The number of hydrogen-bond acceptors (Lipinski definition) is 5. The maximum absolute atomic E-state index is 14.6. The van der Waals surface area contributed by atoms with Crippen LogP contribution < -0.4 is 5.32 Å². The van der Waals surface area contributed by atoms with Crippen molar-refractivity contribution in [2.75, 3.05) is 39.3 Å². The Morgan fingerprint density at radius 2 is 1.87 bits per heavy atom. The van der Waals surface area contributed by atoms with Gasteiger partial charge in [-0.25, -0.2) is 4.39 Å². The molecule has 0 spiro atoms. The number of nitrogens with zero attached hydrogens (tertiary/aromatic N) is 4. The Morgan fingerprint density at radius 1 is 1.05 bits per heavy atom. The maximum Gasteiger partial charge on any atom is 0.256 e. The third kappa shape index (κ3) is 4.63. The fourth-order valence-corrected chi connectivity index (χ4v) is 6.70. The van der Waals surface area contributed by atoms with Gasteiger partial charge in [-0.3, -0.25) is 19.5 Å². The molecule has 6 rings (SSSR count). The largest absolute Gasteiger partial charge is 0.337 e. The van der Waals surface area contributed by atoms with Gasteiger partial charge in [-0.15, -0.1) is 0 Å². The molecule has 4 aliphatic heterocycles. The van der Waals surface area contributed by atoms with Gasteiger partial charge in [0.25, 0.3) is 5.91 Å². The molecular weight excluding hydrogens is 505 g/mol. The predicted molar refractivity (Wildman–Crippen MR) is 147 cm³/mol. The lowest BCUT2D eigenvalue weighted by atomic mass is 10.00. The third-order valence-electron chi connectivity index (χ3n) is 8.56. The molecule has 9 heteroatoms. The lowest BCUT2D eigenvalue weighted by Crippen LogP contribution is -2.61. The Morgan fingerprint density at radius 3 is 2.66 bits per heavy atom. The Kier molecular flexibility index (Phi) is 6.97. The molecule has 2 aromatic carbocycles. The number of fused-ring (bicyclic) bond motifs is 2. The van der Waals surface area contributed by atoms with E-state index in [0.29, 0.717) is 53.1 Å². The minimum absolute atomic E-state index is 0.0718. The maximum atomic E-state index is 14.6. The molecule has 0 radical (unpaired) electrons. The van der Waals surface area contributed by atoms with E-state index in [1.54, 1.807) is 30.3 Å². The highest BCUT2D eigenvalue weighted by molar-refractivity contribution is 6.30. The highest BCUT2D eigenvalue weighted by Gasteiger charge is 2.42. The minimum atomic E-state index is -0.436. The second-order valence-electron chi connectivity index (χ2n) is 10.8. The monoisotopic (exact) mass is 537 g/mol. The van der Waals surface area contributed by atoms with Crippen LogP contribution in [-0.2, 0) is 4.79 Å². The van der Waals surface area contributed by atoms with Gasteiger partial charge in [-0.1, -0.05) is 17.7 Å². The molecule has 3 fully saturated rings. The molecule has 4 aliphatic rings. The summed E-state index contributed by atoms with van der Waals surface area (Å²) >= 11 is 5.93. The van der Waals surface area contributed by atoms with Crippen LogP contribution in [0.25, 0.3) is 11.1 Å². The van der Waals surface area contributed by atoms with E-state index in [0.717, 1.165) is 51.0 Å². The Bertz CT molecular complexity index is 1290. The number of piperidine rings is 1. The van der Waals surface area contributed by atoms with Crippen molar-refractivity contribution in [2.24, 2.45) is 4.99 Å². The average Bonchev–Trinajstić information content (AvgIpc) is 3.39. The summed E-state index contributed by atoms with van der Waals surface area (Å²) in [7, 11) is 0. The molecule has 4 heterocycles. The second-order valence-corrected chi connectivity index (χ2v) is 11.2. The Hall–Kier alpha value is -2.81. The molecular formula is C29H33ClFN5O2. The summed E-state index contributed by atoms with van der Waals surface area (Å²) in [5, 5.41) is 3.74. The van der Waals surface area contributed by atoms with E-state index in [1.807, 2.05) is 16.7 Å². The summed E-state index contributed by atoms with van der Waals surface area (Å²) in [6.45, 7) is 6.32. The van der Waals surface area contributed by atoms with Crippen LogP contribution in [0.4, 0.5) is 10.1 Å². The molecule has 2 amide bonds. The van der Waals surface area contributed by atoms with Gasteiger partial charge in [-0.05, 0) is 88.1 Å². The molecule has 38 heavy (non-hydrogen) atoms. The van der Waals surface area contributed by atoms with Crippen LogP contribution in [0, 0.1) is 5.82 Å². The van der Waals surface area contributed by atoms with Crippen LogP contribution in [0.2, 0.25) is 5.02 Å². The second kappa shape index (κ2) is 10.4. The zero-order valence-electron chi connectivity index (χ0n) is 21.6. The van der Waals surface area contributed by atoms with Crippen molar-refractivity contribution in [2.45, 2.75) is 50.7 Å². The van der Waals surface area contributed by atoms with Crippen LogP contribution >= 0.6 is 11.6 Å². The molecule has 0 aromatic heterocycles. The molecule has 0 aliphatic carbocycles. The topological polar surface area (TPSA) is 68.2 Å². The summed E-state index contributed by atoms with van der Waals surface area (Å²) < 4.78 is 14.6. The van der Waals surface area contributed by atoms with Crippen molar-refractivity contribution in [3.63, 3.8) is 0 Å². The zero-order valence-corrected chi connectivity index (χ0v) is 22.4. The van der Waals surface area contributed by atoms with Gasteiger partial charge in [0, 0.05) is 42.0 Å².